The van der Waals surface area contributed by atoms with Gasteiger partial charge in [-0.3, -0.25) is 4.79 Å². The highest BCUT2D eigenvalue weighted by molar-refractivity contribution is 7.89. The van der Waals surface area contributed by atoms with Crippen LogP contribution in [0.2, 0.25) is 0 Å². The normalized spacial score (nSPS) is 11.6. The highest BCUT2D eigenvalue weighted by Gasteiger charge is 2.21. The minimum absolute atomic E-state index is 0.203. The van der Waals surface area contributed by atoms with Crippen LogP contribution < -0.4 is 5.32 Å². The molecule has 1 N–H and O–H groups in total. The van der Waals surface area contributed by atoms with E-state index in [1.54, 1.807) is 44.3 Å². The lowest BCUT2D eigenvalue weighted by molar-refractivity contribution is 0.0946. The molecule has 0 aliphatic heterocycles. The van der Waals surface area contributed by atoms with Crippen LogP contribution in [0.15, 0.2) is 65.7 Å². The van der Waals surface area contributed by atoms with Crippen molar-refractivity contribution in [1.82, 2.24) is 24.6 Å². The third kappa shape index (κ3) is 4.69. The fourth-order valence-corrected chi connectivity index (χ4v) is 4.30. The van der Waals surface area contributed by atoms with Crippen LogP contribution in [-0.4, -0.2) is 46.7 Å². The Labute approximate surface area is 170 Å². The van der Waals surface area contributed by atoms with Crippen LogP contribution in [0.1, 0.15) is 29.9 Å². The summed E-state index contributed by atoms with van der Waals surface area (Å²) < 4.78 is 28.0. The molecule has 29 heavy (non-hydrogen) atoms. The summed E-state index contributed by atoms with van der Waals surface area (Å²) in [5.41, 5.74) is 1.80. The number of para-hydroxylation sites is 1. The number of carbonyl (C=O) groups is 1. The molecule has 9 heteroatoms. The predicted octanol–water partition coefficient (Wildman–Crippen LogP) is 2.23. The maximum absolute atomic E-state index is 12.5. The largest absolute Gasteiger partial charge is 0.347 e. The molecular formula is C20H23N5O3S. The summed E-state index contributed by atoms with van der Waals surface area (Å²) >= 11 is 0. The number of nitrogens with one attached hydrogen (secondary N) is 1. The first-order chi connectivity index (χ1) is 14.0. The molecule has 0 saturated heterocycles. The van der Waals surface area contributed by atoms with E-state index in [1.165, 1.54) is 8.99 Å². The smallest absolute Gasteiger partial charge is 0.273 e. The molecule has 0 unspecified atom stereocenters. The van der Waals surface area contributed by atoms with Crippen molar-refractivity contribution in [2.24, 2.45) is 0 Å². The zero-order chi connectivity index (χ0) is 20.9. The number of amides is 1. The van der Waals surface area contributed by atoms with Crippen LogP contribution in [0.5, 0.6) is 0 Å². The van der Waals surface area contributed by atoms with Crippen molar-refractivity contribution in [1.29, 1.82) is 0 Å². The Morgan fingerprint density at radius 1 is 1.03 bits per heavy atom. The molecule has 152 valence electrons. The predicted molar refractivity (Wildman–Crippen MR) is 109 cm³/mol. The zero-order valence-electron chi connectivity index (χ0n) is 16.3. The van der Waals surface area contributed by atoms with E-state index in [9.17, 15) is 13.2 Å². The third-order valence-electron chi connectivity index (χ3n) is 4.47. The van der Waals surface area contributed by atoms with Gasteiger partial charge in [0, 0.05) is 19.6 Å². The first-order valence-corrected chi connectivity index (χ1v) is 10.7. The lowest BCUT2D eigenvalue weighted by atomic mass is 10.2. The van der Waals surface area contributed by atoms with Crippen molar-refractivity contribution in [3.63, 3.8) is 0 Å². The van der Waals surface area contributed by atoms with E-state index in [1.807, 2.05) is 30.3 Å². The first-order valence-electron chi connectivity index (χ1n) is 9.30. The maximum Gasteiger partial charge on any atom is 0.273 e. The monoisotopic (exact) mass is 413 g/mol. The molecule has 0 fully saturated rings. The number of nitrogens with zero attached hydrogens (tertiary/aromatic N) is 4. The van der Waals surface area contributed by atoms with Gasteiger partial charge in [0.15, 0.2) is 5.69 Å². The van der Waals surface area contributed by atoms with Gasteiger partial charge >= 0.3 is 0 Å². The van der Waals surface area contributed by atoms with Crippen molar-refractivity contribution < 1.29 is 13.2 Å². The Morgan fingerprint density at radius 2 is 1.69 bits per heavy atom. The quantitative estimate of drug-likeness (QED) is 0.611. The van der Waals surface area contributed by atoms with Gasteiger partial charge in [-0.05, 0) is 29.8 Å². The van der Waals surface area contributed by atoms with Gasteiger partial charge in [0.2, 0.25) is 10.0 Å². The second-order valence-electron chi connectivity index (χ2n) is 6.30. The molecule has 3 aromatic rings. The standard InChI is InChI=1S/C20H23N5O3S/c1-3-24(4-2)29(27,28)18-12-10-16(11-13-18)14-21-20(26)19-15-25(23-22-19)17-8-6-5-7-9-17/h5-13,15H,3-4,14H2,1-2H3,(H,21,26). The van der Waals surface area contributed by atoms with Crippen LogP contribution in [0, 0.1) is 0 Å². The van der Waals surface area contributed by atoms with Crippen molar-refractivity contribution in [3.8, 4) is 5.69 Å². The molecule has 0 saturated carbocycles. The summed E-state index contributed by atoms with van der Waals surface area (Å²) in [5.74, 6) is -0.355. The molecular weight excluding hydrogens is 390 g/mol. The number of rotatable bonds is 8. The fraction of sp³-hybridized carbons (Fsp3) is 0.250. The second-order valence-corrected chi connectivity index (χ2v) is 8.24. The summed E-state index contributed by atoms with van der Waals surface area (Å²) in [6.45, 7) is 4.70. The number of sulfonamides is 1. The molecule has 1 aromatic heterocycles. The Balaban J connectivity index is 1.63. The average molecular weight is 414 g/mol. The summed E-state index contributed by atoms with van der Waals surface area (Å²) in [6, 6.07) is 15.9. The number of hydrogen-bond acceptors (Lipinski definition) is 5. The summed E-state index contributed by atoms with van der Waals surface area (Å²) in [5, 5.41) is 10.6. The molecule has 0 atom stereocenters. The molecule has 2 aromatic carbocycles. The molecule has 8 nitrogen and oxygen atoms in total. The van der Waals surface area contributed by atoms with Gasteiger partial charge in [0.05, 0.1) is 16.8 Å². The van der Waals surface area contributed by atoms with Gasteiger partial charge in [-0.1, -0.05) is 49.4 Å². The second kappa shape index (κ2) is 8.97. The van der Waals surface area contributed by atoms with Crippen molar-refractivity contribution in [2.75, 3.05) is 13.1 Å². The van der Waals surface area contributed by atoms with Crippen LogP contribution in [0.4, 0.5) is 0 Å². The molecule has 0 bridgehead atoms. The van der Waals surface area contributed by atoms with E-state index in [0.29, 0.717) is 13.1 Å². The number of aromatic nitrogens is 3. The van der Waals surface area contributed by atoms with Gasteiger partial charge in [0.25, 0.3) is 5.91 Å². The lowest BCUT2D eigenvalue weighted by Crippen LogP contribution is -2.30. The van der Waals surface area contributed by atoms with Crippen LogP contribution in [0.25, 0.3) is 5.69 Å². The van der Waals surface area contributed by atoms with E-state index in [4.69, 9.17) is 0 Å². The topological polar surface area (TPSA) is 97.2 Å². The van der Waals surface area contributed by atoms with Gasteiger partial charge in [-0.15, -0.1) is 5.10 Å². The van der Waals surface area contributed by atoms with Crippen molar-refractivity contribution in [3.05, 3.63) is 72.1 Å². The Hall–Kier alpha value is -3.04. The molecule has 0 spiro atoms. The fourth-order valence-electron chi connectivity index (χ4n) is 2.84. The van der Waals surface area contributed by atoms with E-state index < -0.39 is 10.0 Å². The summed E-state index contributed by atoms with van der Waals surface area (Å²) in [4.78, 5) is 12.6. The van der Waals surface area contributed by atoms with Crippen LogP contribution in [0.3, 0.4) is 0 Å². The van der Waals surface area contributed by atoms with E-state index in [-0.39, 0.29) is 23.0 Å². The third-order valence-corrected chi connectivity index (χ3v) is 6.53. The average Bonchev–Trinajstić information content (AvgIpc) is 3.24. The molecule has 0 aliphatic rings. The van der Waals surface area contributed by atoms with Gasteiger partial charge < -0.3 is 5.32 Å². The highest BCUT2D eigenvalue weighted by Crippen LogP contribution is 2.16. The van der Waals surface area contributed by atoms with Gasteiger partial charge in [-0.2, -0.15) is 4.31 Å². The minimum atomic E-state index is -3.49. The Kier molecular flexibility index (Phi) is 6.40. The molecule has 0 aliphatic carbocycles. The molecule has 3 rings (SSSR count). The number of benzene rings is 2. The first kappa shape index (κ1) is 20.7. The van der Waals surface area contributed by atoms with Crippen molar-refractivity contribution >= 4 is 15.9 Å². The summed E-state index contributed by atoms with van der Waals surface area (Å²) in [7, 11) is -3.49. The number of carbonyl (C=O) groups excluding carboxylic acids is 1. The van der Waals surface area contributed by atoms with E-state index in [0.717, 1.165) is 11.3 Å². The minimum Gasteiger partial charge on any atom is -0.347 e. The maximum atomic E-state index is 12.5. The van der Waals surface area contributed by atoms with E-state index >= 15 is 0 Å². The molecule has 0 radical (unpaired) electrons. The summed E-state index contributed by atoms with van der Waals surface area (Å²) in [6.07, 6.45) is 1.56. The van der Waals surface area contributed by atoms with Crippen LogP contribution >= 0.6 is 0 Å². The van der Waals surface area contributed by atoms with E-state index in [2.05, 4.69) is 15.6 Å². The SMILES string of the molecule is CCN(CC)S(=O)(=O)c1ccc(CNC(=O)c2cn(-c3ccccc3)nn2)cc1. The van der Waals surface area contributed by atoms with Crippen LogP contribution in [-0.2, 0) is 16.6 Å². The number of hydrogen-bond donors (Lipinski definition) is 1. The molecule has 1 amide bonds. The van der Waals surface area contributed by atoms with Crippen molar-refractivity contribution in [2.45, 2.75) is 25.3 Å². The molecule has 1 heterocycles. The lowest BCUT2D eigenvalue weighted by Gasteiger charge is -2.18. The zero-order valence-corrected chi connectivity index (χ0v) is 17.1. The van der Waals surface area contributed by atoms with Gasteiger partial charge in [-0.25, -0.2) is 13.1 Å². The highest BCUT2D eigenvalue weighted by atomic mass is 32.2. The Bertz CT molecular complexity index is 1060. The van der Waals surface area contributed by atoms with Gasteiger partial charge in [0.1, 0.15) is 0 Å². The Morgan fingerprint density at radius 3 is 2.31 bits per heavy atom.